The number of hydrogen-bond acceptors (Lipinski definition) is 6. The van der Waals surface area contributed by atoms with Gasteiger partial charge in [-0.15, -0.1) is 0 Å². The van der Waals surface area contributed by atoms with Gasteiger partial charge in [-0.05, 0) is 23.6 Å². The lowest BCUT2D eigenvalue weighted by Gasteiger charge is -2.10. The third kappa shape index (κ3) is 5.61. The molecule has 3 aromatic rings. The number of nitrogens with one attached hydrogen (secondary N) is 1. The summed E-state index contributed by atoms with van der Waals surface area (Å²) in [7, 11) is 0. The van der Waals surface area contributed by atoms with Gasteiger partial charge in [0.25, 0.3) is 0 Å². The fourth-order valence-corrected chi connectivity index (χ4v) is 3.06. The van der Waals surface area contributed by atoms with Gasteiger partial charge in [-0.1, -0.05) is 55.3 Å². The number of halogens is 1. The van der Waals surface area contributed by atoms with Gasteiger partial charge in [0.15, 0.2) is 5.75 Å². The van der Waals surface area contributed by atoms with Crippen molar-refractivity contribution >= 4 is 34.6 Å². The maximum Gasteiger partial charge on any atom is 0.407 e. The van der Waals surface area contributed by atoms with Gasteiger partial charge in [-0.3, -0.25) is 0 Å². The summed E-state index contributed by atoms with van der Waals surface area (Å²) in [5.74, 6) is -0.717. The molecule has 156 valence electrons. The first-order valence-electron chi connectivity index (χ1n) is 9.37. The molecule has 0 saturated heterocycles. The summed E-state index contributed by atoms with van der Waals surface area (Å²) >= 11 is 6.23. The fraction of sp³-hybridized carbons (Fsp3) is 0.227. The quantitative estimate of drug-likeness (QED) is 0.343. The van der Waals surface area contributed by atoms with E-state index in [0.717, 1.165) is 17.5 Å². The lowest BCUT2D eigenvalue weighted by atomic mass is 10.1. The first-order chi connectivity index (χ1) is 14.5. The summed E-state index contributed by atoms with van der Waals surface area (Å²) in [5.41, 5.74) is 1.41. The molecule has 1 aromatic heterocycles. The Morgan fingerprint density at radius 1 is 1.13 bits per heavy atom. The van der Waals surface area contributed by atoms with E-state index in [4.69, 9.17) is 25.5 Å². The number of rotatable bonds is 7. The number of esters is 1. The van der Waals surface area contributed by atoms with Crippen LogP contribution in [0.4, 0.5) is 4.79 Å². The Morgan fingerprint density at radius 3 is 2.63 bits per heavy atom. The summed E-state index contributed by atoms with van der Waals surface area (Å²) in [6.07, 6.45) is 0.779. The van der Waals surface area contributed by atoms with Crippen molar-refractivity contribution in [1.82, 2.24) is 5.32 Å². The molecule has 0 saturated carbocycles. The monoisotopic (exact) mass is 429 g/mol. The minimum absolute atomic E-state index is 0.0328. The van der Waals surface area contributed by atoms with Crippen LogP contribution in [-0.2, 0) is 22.6 Å². The van der Waals surface area contributed by atoms with E-state index >= 15 is 0 Å². The van der Waals surface area contributed by atoms with Crippen LogP contribution in [0.5, 0.6) is 5.75 Å². The number of amides is 1. The van der Waals surface area contributed by atoms with Gasteiger partial charge in [0, 0.05) is 17.5 Å². The highest BCUT2D eigenvalue weighted by Crippen LogP contribution is 2.31. The summed E-state index contributed by atoms with van der Waals surface area (Å²) < 4.78 is 15.4. The number of carbonyl (C=O) groups is 2. The molecule has 3 rings (SSSR count). The Labute approximate surface area is 177 Å². The van der Waals surface area contributed by atoms with Crippen molar-refractivity contribution in [2.45, 2.75) is 26.4 Å². The highest BCUT2D eigenvalue weighted by Gasteiger charge is 2.15. The normalized spacial score (nSPS) is 10.6. The van der Waals surface area contributed by atoms with E-state index in [-0.39, 0.29) is 23.0 Å². The molecule has 0 bridgehead atoms. The van der Waals surface area contributed by atoms with Crippen molar-refractivity contribution in [3.8, 4) is 5.75 Å². The number of carbonyl (C=O) groups excluding carboxylic acids is 2. The van der Waals surface area contributed by atoms with Crippen molar-refractivity contribution in [1.29, 1.82) is 0 Å². The molecule has 30 heavy (non-hydrogen) atoms. The van der Waals surface area contributed by atoms with Gasteiger partial charge in [0.2, 0.25) is 0 Å². The van der Waals surface area contributed by atoms with Crippen molar-refractivity contribution in [2.24, 2.45) is 0 Å². The Balaban J connectivity index is 1.61. The van der Waals surface area contributed by atoms with Crippen LogP contribution >= 0.6 is 11.6 Å². The predicted molar refractivity (Wildman–Crippen MR) is 112 cm³/mol. The zero-order valence-corrected chi connectivity index (χ0v) is 17.0. The molecule has 0 aliphatic heterocycles. The summed E-state index contributed by atoms with van der Waals surface area (Å²) in [6, 6.07) is 13.6. The Kier molecular flexibility index (Phi) is 7.08. The Morgan fingerprint density at radius 2 is 1.90 bits per heavy atom. The van der Waals surface area contributed by atoms with Crippen LogP contribution in [-0.4, -0.2) is 18.6 Å². The van der Waals surface area contributed by atoms with E-state index in [9.17, 15) is 14.4 Å². The van der Waals surface area contributed by atoms with Gasteiger partial charge in [-0.2, -0.15) is 0 Å². The second-order valence-corrected chi connectivity index (χ2v) is 6.92. The van der Waals surface area contributed by atoms with Crippen LogP contribution in [0.15, 0.2) is 57.7 Å². The topological polar surface area (TPSA) is 94.8 Å². The van der Waals surface area contributed by atoms with Crippen molar-refractivity contribution in [3.05, 3.63) is 75.1 Å². The number of ether oxygens (including phenoxy) is 2. The lowest BCUT2D eigenvalue weighted by Crippen LogP contribution is -2.32. The van der Waals surface area contributed by atoms with Crippen LogP contribution in [0.25, 0.3) is 11.0 Å². The van der Waals surface area contributed by atoms with E-state index in [1.807, 2.05) is 37.3 Å². The third-order valence-electron chi connectivity index (χ3n) is 4.22. The Hall–Kier alpha value is -3.32. The average Bonchev–Trinajstić information content (AvgIpc) is 2.73. The lowest BCUT2D eigenvalue weighted by molar-refractivity contribution is -0.133. The molecule has 1 heterocycles. The molecule has 0 aliphatic carbocycles. The van der Waals surface area contributed by atoms with Crippen LogP contribution < -0.4 is 15.7 Å². The molecule has 2 aromatic carbocycles. The fourth-order valence-electron chi connectivity index (χ4n) is 2.86. The van der Waals surface area contributed by atoms with E-state index in [0.29, 0.717) is 11.8 Å². The maximum atomic E-state index is 12.1. The Bertz CT molecular complexity index is 1110. The average molecular weight is 430 g/mol. The van der Waals surface area contributed by atoms with Crippen molar-refractivity contribution < 1.29 is 23.5 Å². The predicted octanol–water partition coefficient (Wildman–Crippen LogP) is 4.23. The summed E-state index contributed by atoms with van der Waals surface area (Å²) in [6.45, 7) is 1.66. The molecule has 0 spiro atoms. The minimum atomic E-state index is -0.754. The number of alkyl carbamates (subject to hydrolysis) is 1. The maximum absolute atomic E-state index is 12.1. The van der Waals surface area contributed by atoms with Gasteiger partial charge in [0.05, 0.1) is 5.02 Å². The van der Waals surface area contributed by atoms with E-state index in [1.54, 1.807) is 6.07 Å². The minimum Gasteiger partial charge on any atom is -0.445 e. The molecule has 0 fully saturated rings. The van der Waals surface area contributed by atoms with Crippen LogP contribution in [0.3, 0.4) is 0 Å². The second kappa shape index (κ2) is 9.93. The highest BCUT2D eigenvalue weighted by molar-refractivity contribution is 6.33. The van der Waals surface area contributed by atoms with Crippen molar-refractivity contribution in [3.63, 3.8) is 0 Å². The number of fused-ring (bicyclic) bond motifs is 1. The standard InChI is InChI=1S/C22H20ClNO6/c1-2-6-15-9-20(25)29-18-11-19(17(23)10-16(15)18)30-21(26)12-24-22(27)28-13-14-7-4-3-5-8-14/h3-5,7-11H,2,6,12-13H2,1H3,(H,24,27). The van der Waals surface area contributed by atoms with Gasteiger partial charge < -0.3 is 19.2 Å². The van der Waals surface area contributed by atoms with Gasteiger partial charge in [0.1, 0.15) is 18.7 Å². The molecule has 0 aliphatic rings. The molecule has 1 amide bonds. The van der Waals surface area contributed by atoms with Gasteiger partial charge >= 0.3 is 17.7 Å². The van der Waals surface area contributed by atoms with E-state index in [1.165, 1.54) is 12.1 Å². The van der Waals surface area contributed by atoms with E-state index in [2.05, 4.69) is 5.32 Å². The largest absolute Gasteiger partial charge is 0.445 e. The molecule has 1 N–H and O–H groups in total. The SMILES string of the molecule is CCCc1cc(=O)oc2cc(OC(=O)CNC(=O)OCc3ccccc3)c(Cl)cc12. The van der Waals surface area contributed by atoms with Crippen LogP contribution in [0.1, 0.15) is 24.5 Å². The molecular weight excluding hydrogens is 410 g/mol. The van der Waals surface area contributed by atoms with Crippen molar-refractivity contribution in [2.75, 3.05) is 6.54 Å². The molecular formula is C22H20ClNO6. The second-order valence-electron chi connectivity index (χ2n) is 6.51. The molecule has 0 atom stereocenters. The zero-order chi connectivity index (χ0) is 21.5. The summed E-state index contributed by atoms with van der Waals surface area (Å²) in [4.78, 5) is 35.6. The smallest absolute Gasteiger partial charge is 0.407 e. The number of aryl methyl sites for hydroxylation is 1. The molecule has 8 heteroatoms. The van der Waals surface area contributed by atoms with E-state index < -0.39 is 24.2 Å². The molecule has 0 radical (unpaired) electrons. The third-order valence-corrected chi connectivity index (χ3v) is 4.51. The molecule has 0 unspecified atom stereocenters. The van der Waals surface area contributed by atoms with Crippen LogP contribution in [0, 0.1) is 0 Å². The molecule has 7 nitrogen and oxygen atoms in total. The zero-order valence-electron chi connectivity index (χ0n) is 16.3. The number of benzene rings is 2. The summed E-state index contributed by atoms with van der Waals surface area (Å²) in [5, 5.41) is 3.19. The first-order valence-corrected chi connectivity index (χ1v) is 9.75. The van der Waals surface area contributed by atoms with Crippen LogP contribution in [0.2, 0.25) is 5.02 Å². The first kappa shape index (κ1) is 21.4. The highest BCUT2D eigenvalue weighted by atomic mass is 35.5. The number of hydrogen-bond donors (Lipinski definition) is 1. The van der Waals surface area contributed by atoms with Gasteiger partial charge in [-0.25, -0.2) is 14.4 Å².